The molecule has 0 fully saturated rings. The third-order valence-corrected chi connectivity index (χ3v) is 4.88. The number of nitrogens with one attached hydrogen (secondary N) is 3. The van der Waals surface area contributed by atoms with Crippen LogP contribution in [0.2, 0.25) is 0 Å². The lowest BCUT2D eigenvalue weighted by Gasteiger charge is -2.15. The first-order valence-electron chi connectivity index (χ1n) is 8.32. The van der Waals surface area contributed by atoms with Gasteiger partial charge in [-0.1, -0.05) is 6.07 Å². The number of carboxylic acids is 1. The number of benzene rings is 1. The van der Waals surface area contributed by atoms with E-state index >= 15 is 0 Å². The summed E-state index contributed by atoms with van der Waals surface area (Å²) in [6.45, 7) is 1.54. The summed E-state index contributed by atoms with van der Waals surface area (Å²) in [4.78, 5) is 36.6. The van der Waals surface area contributed by atoms with Crippen LogP contribution in [0.4, 0.5) is 5.69 Å². The summed E-state index contributed by atoms with van der Waals surface area (Å²) in [5, 5.41) is 22.2. The fourth-order valence-electron chi connectivity index (χ4n) is 2.37. The Hall–Kier alpha value is -3.40. The van der Waals surface area contributed by atoms with E-state index in [2.05, 4.69) is 21.1 Å². The number of carbonyl (C=O) groups is 3. The molecule has 148 valence electrons. The number of anilines is 1. The van der Waals surface area contributed by atoms with Crippen molar-refractivity contribution >= 4 is 41.1 Å². The minimum Gasteiger partial charge on any atom is -0.480 e. The lowest BCUT2D eigenvalue weighted by molar-refractivity contribution is -0.141. The van der Waals surface area contributed by atoms with Crippen LogP contribution in [0.1, 0.15) is 20.8 Å². The van der Waals surface area contributed by atoms with Crippen molar-refractivity contribution in [3.05, 3.63) is 51.7 Å². The molecule has 1 heterocycles. The topological polar surface area (TPSA) is 146 Å². The van der Waals surface area contributed by atoms with Crippen molar-refractivity contribution in [1.82, 2.24) is 10.6 Å². The third kappa shape index (κ3) is 6.09. The summed E-state index contributed by atoms with van der Waals surface area (Å²) in [6, 6.07) is 7.35. The van der Waals surface area contributed by atoms with Gasteiger partial charge in [-0.3, -0.25) is 9.59 Å². The van der Waals surface area contributed by atoms with E-state index in [1.54, 1.807) is 24.3 Å². The molecule has 2 rings (SSSR count). The largest absolute Gasteiger partial charge is 0.480 e. The Morgan fingerprint density at radius 3 is 2.75 bits per heavy atom. The smallest absolute Gasteiger partial charge is 0.326 e. The second kappa shape index (κ2) is 10.1. The quantitative estimate of drug-likeness (QED) is 0.182. The molecule has 0 aliphatic rings. The lowest BCUT2D eigenvalue weighted by Crippen LogP contribution is -2.46. The van der Waals surface area contributed by atoms with Crippen LogP contribution in [-0.2, 0) is 16.0 Å². The van der Waals surface area contributed by atoms with Crippen LogP contribution in [0.3, 0.4) is 0 Å². The molecule has 2 aromatic rings. The first-order valence-corrected chi connectivity index (χ1v) is 9.20. The Labute approximate surface area is 165 Å². The number of aliphatic carboxylic acids is 1. The molecule has 1 aromatic heterocycles. The van der Waals surface area contributed by atoms with Crippen LogP contribution in [-0.4, -0.2) is 41.8 Å². The summed E-state index contributed by atoms with van der Waals surface area (Å²) in [6.07, 6.45) is 1.46. The Morgan fingerprint density at radius 2 is 2.11 bits per heavy atom. The second-order valence-corrected chi connectivity index (χ2v) is 6.88. The maximum absolute atomic E-state index is 12.2. The van der Waals surface area contributed by atoms with Gasteiger partial charge in [0.25, 0.3) is 5.91 Å². The standard InChI is InChI=1S/C18H21N5O4S/c1-11-5-6-28-15(11)8-14(18(26)27)23-16(24)9-20-17(25)12-3-2-4-13(7-12)21-10-22-19/h2-7,10,14H,8-9,19H2,1H3,(H,20,25)(H,21,22)(H,23,24)(H,26,27). The van der Waals surface area contributed by atoms with Crippen molar-refractivity contribution in [2.45, 2.75) is 19.4 Å². The molecule has 1 aromatic carbocycles. The van der Waals surface area contributed by atoms with Gasteiger partial charge in [0.1, 0.15) is 12.4 Å². The van der Waals surface area contributed by atoms with Crippen LogP contribution >= 0.6 is 11.3 Å². The Morgan fingerprint density at radius 1 is 1.32 bits per heavy atom. The van der Waals surface area contributed by atoms with Crippen molar-refractivity contribution in [2.24, 2.45) is 10.9 Å². The number of aryl methyl sites for hydroxylation is 1. The Kier molecular flexibility index (Phi) is 7.52. The molecule has 1 unspecified atom stereocenters. The van der Waals surface area contributed by atoms with E-state index < -0.39 is 23.8 Å². The van der Waals surface area contributed by atoms with Gasteiger partial charge in [-0.05, 0) is 42.1 Å². The summed E-state index contributed by atoms with van der Waals surface area (Å²) >= 11 is 1.44. The van der Waals surface area contributed by atoms with Crippen molar-refractivity contribution in [3.8, 4) is 0 Å². The van der Waals surface area contributed by atoms with Gasteiger partial charge in [-0.2, -0.15) is 5.10 Å². The Balaban J connectivity index is 1.90. The molecular weight excluding hydrogens is 382 g/mol. The third-order valence-electron chi connectivity index (χ3n) is 3.83. The highest BCUT2D eigenvalue weighted by Crippen LogP contribution is 2.17. The molecule has 0 aliphatic heterocycles. The fourth-order valence-corrected chi connectivity index (χ4v) is 3.32. The minimum atomic E-state index is -1.13. The zero-order chi connectivity index (χ0) is 20.5. The molecule has 6 N–H and O–H groups in total. The highest BCUT2D eigenvalue weighted by molar-refractivity contribution is 7.10. The molecule has 0 saturated heterocycles. The van der Waals surface area contributed by atoms with E-state index in [9.17, 15) is 19.5 Å². The molecule has 0 aliphatic carbocycles. The van der Waals surface area contributed by atoms with Gasteiger partial charge in [0.05, 0.1) is 6.54 Å². The van der Waals surface area contributed by atoms with Gasteiger partial charge in [-0.15, -0.1) is 11.3 Å². The summed E-state index contributed by atoms with van der Waals surface area (Å²) in [5.41, 5.74) is 1.91. The first kappa shape index (κ1) is 20.9. The maximum atomic E-state index is 12.2. The monoisotopic (exact) mass is 403 g/mol. The van der Waals surface area contributed by atoms with Crippen molar-refractivity contribution in [2.75, 3.05) is 11.9 Å². The fraction of sp³-hybridized carbons (Fsp3) is 0.222. The average molecular weight is 403 g/mol. The zero-order valence-electron chi connectivity index (χ0n) is 15.1. The number of hydrazone groups is 1. The number of hydrogen-bond acceptors (Lipinski definition) is 6. The highest BCUT2D eigenvalue weighted by atomic mass is 32.1. The van der Waals surface area contributed by atoms with Gasteiger partial charge in [0.2, 0.25) is 5.91 Å². The van der Waals surface area contributed by atoms with E-state index in [1.807, 2.05) is 18.4 Å². The van der Waals surface area contributed by atoms with Crippen LogP contribution in [0.15, 0.2) is 40.8 Å². The van der Waals surface area contributed by atoms with E-state index in [4.69, 9.17) is 5.84 Å². The number of nitrogens with zero attached hydrogens (tertiary/aromatic N) is 1. The molecule has 0 spiro atoms. The summed E-state index contributed by atoms with van der Waals surface area (Å²) in [5.74, 6) is 2.83. The van der Waals surface area contributed by atoms with Crippen molar-refractivity contribution in [3.63, 3.8) is 0 Å². The number of amides is 2. The van der Waals surface area contributed by atoms with E-state index in [0.29, 0.717) is 11.3 Å². The van der Waals surface area contributed by atoms with Gasteiger partial charge < -0.3 is 26.9 Å². The minimum absolute atomic E-state index is 0.189. The van der Waals surface area contributed by atoms with Gasteiger partial charge in [-0.25, -0.2) is 4.79 Å². The van der Waals surface area contributed by atoms with Crippen LogP contribution in [0.5, 0.6) is 0 Å². The molecule has 28 heavy (non-hydrogen) atoms. The molecule has 0 radical (unpaired) electrons. The van der Waals surface area contributed by atoms with Crippen LogP contribution < -0.4 is 21.8 Å². The van der Waals surface area contributed by atoms with Crippen LogP contribution in [0.25, 0.3) is 0 Å². The van der Waals surface area contributed by atoms with Gasteiger partial charge in [0, 0.05) is 22.5 Å². The number of carboxylic acid groups (broad SMARTS) is 1. The van der Waals surface area contributed by atoms with Crippen molar-refractivity contribution < 1.29 is 19.5 Å². The second-order valence-electron chi connectivity index (χ2n) is 5.88. The van der Waals surface area contributed by atoms with E-state index in [0.717, 1.165) is 10.4 Å². The predicted molar refractivity (Wildman–Crippen MR) is 107 cm³/mol. The summed E-state index contributed by atoms with van der Waals surface area (Å²) in [7, 11) is 0. The molecule has 10 heteroatoms. The highest BCUT2D eigenvalue weighted by Gasteiger charge is 2.22. The Bertz CT molecular complexity index is 880. The number of nitrogens with two attached hydrogens (primary N) is 1. The number of rotatable bonds is 9. The maximum Gasteiger partial charge on any atom is 0.326 e. The van der Waals surface area contributed by atoms with E-state index in [1.165, 1.54) is 17.7 Å². The zero-order valence-corrected chi connectivity index (χ0v) is 16.0. The number of thiophene rings is 1. The normalized spacial score (nSPS) is 11.8. The van der Waals surface area contributed by atoms with Crippen molar-refractivity contribution in [1.29, 1.82) is 0 Å². The molecule has 0 bridgehead atoms. The number of hydrogen-bond donors (Lipinski definition) is 5. The molecule has 1 atom stereocenters. The molecule has 9 nitrogen and oxygen atoms in total. The first-order chi connectivity index (χ1) is 13.4. The van der Waals surface area contributed by atoms with Crippen LogP contribution in [0, 0.1) is 6.92 Å². The average Bonchev–Trinajstić information content (AvgIpc) is 3.08. The molecular formula is C18H21N5O4S. The molecule has 0 saturated carbocycles. The number of carbonyl (C=O) groups excluding carboxylic acids is 2. The lowest BCUT2D eigenvalue weighted by atomic mass is 10.1. The van der Waals surface area contributed by atoms with Gasteiger partial charge in [0.15, 0.2) is 0 Å². The SMILES string of the molecule is Cc1ccsc1CC(NC(=O)CNC(=O)c1cccc(NC=NN)c1)C(=O)O. The predicted octanol–water partition coefficient (Wildman–Crippen LogP) is 0.912. The van der Waals surface area contributed by atoms with Gasteiger partial charge >= 0.3 is 5.97 Å². The van der Waals surface area contributed by atoms with E-state index in [-0.39, 0.29) is 13.0 Å². The summed E-state index contributed by atoms with van der Waals surface area (Å²) < 4.78 is 0. The molecule has 2 amide bonds.